The molecule has 21 nitrogen and oxygen atoms in total. The van der Waals surface area contributed by atoms with E-state index in [0.717, 1.165) is 10.9 Å². The molecule has 1 aromatic heterocycles. The first-order valence-corrected chi connectivity index (χ1v) is 26.3. The Morgan fingerprint density at radius 1 is 0.538 bits per heavy atom. The van der Waals surface area contributed by atoms with Gasteiger partial charge in [0.05, 0.1) is 12.5 Å². The van der Waals surface area contributed by atoms with Crippen molar-refractivity contribution in [2.75, 3.05) is 13.1 Å². The molecule has 0 unspecified atom stereocenters. The van der Waals surface area contributed by atoms with Gasteiger partial charge in [-0.1, -0.05) is 109 Å². The van der Waals surface area contributed by atoms with Crippen LogP contribution in [0.1, 0.15) is 74.1 Å². The molecule has 9 amide bonds. The van der Waals surface area contributed by atoms with Gasteiger partial charge >= 0.3 is 0 Å². The summed E-state index contributed by atoms with van der Waals surface area (Å²) in [6, 6.07) is 23.8. The number of H-pyrrole nitrogens is 1. The van der Waals surface area contributed by atoms with Crippen LogP contribution in [-0.2, 0) is 68.8 Å². The van der Waals surface area contributed by atoms with Crippen molar-refractivity contribution in [1.29, 1.82) is 0 Å². The van der Waals surface area contributed by atoms with Gasteiger partial charge < -0.3 is 64.1 Å². The average molecular weight is 1070 g/mol. The molecule has 14 N–H and O–H groups in total. The second-order valence-electron chi connectivity index (χ2n) is 19.5. The van der Waals surface area contributed by atoms with Gasteiger partial charge in [-0.05, 0) is 73.9 Å². The Morgan fingerprint density at radius 3 is 1.53 bits per heavy atom. The van der Waals surface area contributed by atoms with Gasteiger partial charge in [0.15, 0.2) is 0 Å². The van der Waals surface area contributed by atoms with Crippen molar-refractivity contribution in [3.63, 3.8) is 0 Å². The van der Waals surface area contributed by atoms with Crippen LogP contribution in [0.25, 0.3) is 10.9 Å². The summed E-state index contributed by atoms with van der Waals surface area (Å²) in [7, 11) is 0. The number of para-hydroxylation sites is 1. The minimum absolute atomic E-state index is 0.0193. The monoisotopic (exact) mass is 1070 g/mol. The molecular formula is C57H71N11O10. The lowest BCUT2D eigenvalue weighted by atomic mass is 10.00. The Hall–Kier alpha value is -8.43. The van der Waals surface area contributed by atoms with E-state index in [1.165, 1.54) is 6.92 Å². The molecule has 21 heteroatoms. The van der Waals surface area contributed by atoms with Crippen LogP contribution in [0.15, 0.2) is 121 Å². The summed E-state index contributed by atoms with van der Waals surface area (Å²) in [4.78, 5) is 130. The van der Waals surface area contributed by atoms with Crippen LogP contribution in [-0.4, -0.2) is 125 Å². The van der Waals surface area contributed by atoms with Crippen LogP contribution in [0.2, 0.25) is 0 Å². The fraction of sp³-hybridized carbons (Fsp3) is 0.386. The molecule has 0 radical (unpaired) electrons. The van der Waals surface area contributed by atoms with Crippen LogP contribution in [0.5, 0.6) is 0 Å². The summed E-state index contributed by atoms with van der Waals surface area (Å²) in [5, 5.41) is 33.5. The smallest absolute Gasteiger partial charge is 0.245 e. The number of nitrogens with one attached hydrogen (secondary N) is 9. The molecule has 1 aliphatic rings. The van der Waals surface area contributed by atoms with Crippen molar-refractivity contribution in [3.05, 3.63) is 144 Å². The zero-order chi connectivity index (χ0) is 56.0. The SMILES string of the molecule is C[C@@H](O)[C@@H]1NC(=O)[C@H](CCCCN)NC(=O)[C@@H](Cc2c[nH]c3ccccc23)NC(=O)[C@H](Cc2ccccc2)NC(=O)[C@H](Cc2ccccc2)NC(=O)[C@H](CC(N)=O)NC(=O)CCCCNC(=O)[C@H](Cc2ccccc2)NC1=O. The molecule has 1 saturated heterocycles. The van der Waals surface area contributed by atoms with Crippen molar-refractivity contribution in [3.8, 4) is 0 Å². The van der Waals surface area contributed by atoms with Gasteiger partial charge in [0, 0.05) is 55.7 Å². The lowest BCUT2D eigenvalue weighted by Gasteiger charge is -2.28. The summed E-state index contributed by atoms with van der Waals surface area (Å²) >= 11 is 0. The van der Waals surface area contributed by atoms with E-state index in [0.29, 0.717) is 35.1 Å². The van der Waals surface area contributed by atoms with Gasteiger partial charge in [0.1, 0.15) is 42.3 Å². The number of hydrogen-bond acceptors (Lipinski definition) is 11. The van der Waals surface area contributed by atoms with E-state index in [1.54, 1.807) is 97.2 Å². The molecule has 5 aromatic rings. The minimum atomic E-state index is -1.62. The molecule has 1 aliphatic heterocycles. The summed E-state index contributed by atoms with van der Waals surface area (Å²) in [5.74, 6) is -7.22. The summed E-state index contributed by atoms with van der Waals surface area (Å²) in [5.41, 5.74) is 14.7. The second kappa shape index (κ2) is 29.8. The van der Waals surface area contributed by atoms with E-state index >= 15 is 0 Å². The third-order valence-corrected chi connectivity index (χ3v) is 13.3. The first-order chi connectivity index (χ1) is 37.6. The number of amides is 9. The molecule has 414 valence electrons. The molecule has 0 aliphatic carbocycles. The molecule has 0 spiro atoms. The molecule has 4 aromatic carbocycles. The maximum Gasteiger partial charge on any atom is 0.245 e. The van der Waals surface area contributed by atoms with Crippen LogP contribution in [0, 0.1) is 0 Å². The highest BCUT2D eigenvalue weighted by Gasteiger charge is 2.36. The number of rotatable bonds is 15. The number of nitrogens with two attached hydrogens (primary N) is 2. The lowest BCUT2D eigenvalue weighted by Crippen LogP contribution is -2.62. The topological polar surface area (TPSA) is 338 Å². The van der Waals surface area contributed by atoms with Crippen molar-refractivity contribution >= 4 is 64.1 Å². The van der Waals surface area contributed by atoms with Crippen molar-refractivity contribution < 1.29 is 48.3 Å². The number of fused-ring (bicyclic) bond motifs is 1. The maximum absolute atomic E-state index is 14.9. The average Bonchev–Trinajstić information content (AvgIpc) is 3.86. The van der Waals surface area contributed by atoms with Crippen LogP contribution in [0.4, 0.5) is 0 Å². The standard InChI is InChI=1S/C57H71N11O10/c1-35(69)50-57(78)67-43(29-36-17-5-2-6-18-36)51(72)60-28-16-14-26-49(71)62-47(33-48(59)70)56(77)65-44(30-37-19-7-3-8-20-37)53(74)64-45(31-38-21-9-4-10-22-38)54(75)66-46(32-39-34-61-41-24-12-11-23-40(39)41)55(76)63-42(52(73)68-50)25-13-15-27-58/h2-12,17-24,34-35,42-47,50,61,69H,13-16,25-33,58H2,1H3,(H2,59,70)(H,60,72)(H,62,71)(H,63,76)(H,64,74)(H,65,77)(H,66,75)(H,67,78)(H,68,73)/t35-,42+,43+,44+,45+,46-,47+,50+/m1/s1. The van der Waals surface area contributed by atoms with E-state index in [9.17, 15) is 48.3 Å². The highest BCUT2D eigenvalue weighted by molar-refractivity contribution is 5.99. The molecule has 0 saturated carbocycles. The maximum atomic E-state index is 14.9. The number of carbonyl (C=O) groups is 9. The normalized spacial score (nSPS) is 22.5. The molecule has 0 bridgehead atoms. The Kier molecular flexibility index (Phi) is 22.4. The van der Waals surface area contributed by atoms with Gasteiger partial charge in [0.25, 0.3) is 0 Å². The molecular weight excluding hydrogens is 999 g/mol. The fourth-order valence-corrected chi connectivity index (χ4v) is 9.10. The van der Waals surface area contributed by atoms with E-state index in [-0.39, 0.29) is 64.5 Å². The Bertz CT molecular complexity index is 2830. The second-order valence-corrected chi connectivity index (χ2v) is 19.5. The summed E-state index contributed by atoms with van der Waals surface area (Å²) in [6.45, 7) is 1.61. The quantitative estimate of drug-likeness (QED) is 0.0642. The first-order valence-electron chi connectivity index (χ1n) is 26.3. The number of benzene rings is 4. The first kappa shape index (κ1) is 58.8. The van der Waals surface area contributed by atoms with Crippen LogP contribution >= 0.6 is 0 Å². The highest BCUT2D eigenvalue weighted by atomic mass is 16.3. The third kappa shape index (κ3) is 18.1. The Labute approximate surface area is 452 Å². The molecule has 2 heterocycles. The number of hydrogen-bond donors (Lipinski definition) is 12. The molecule has 1 fully saturated rings. The van der Waals surface area contributed by atoms with Crippen LogP contribution < -0.4 is 54.0 Å². The number of aliphatic hydroxyl groups is 1. The van der Waals surface area contributed by atoms with Gasteiger partial charge in [-0.2, -0.15) is 0 Å². The zero-order valence-corrected chi connectivity index (χ0v) is 43.6. The number of carbonyl (C=O) groups excluding carboxylic acids is 9. The van der Waals surface area contributed by atoms with Gasteiger partial charge in [-0.15, -0.1) is 0 Å². The highest BCUT2D eigenvalue weighted by Crippen LogP contribution is 2.20. The fourth-order valence-electron chi connectivity index (χ4n) is 9.10. The van der Waals surface area contributed by atoms with E-state index in [1.807, 2.05) is 24.3 Å². The van der Waals surface area contributed by atoms with Crippen LogP contribution in [0.3, 0.4) is 0 Å². The van der Waals surface area contributed by atoms with Gasteiger partial charge in [-0.25, -0.2) is 0 Å². The Balaban J connectivity index is 1.40. The van der Waals surface area contributed by atoms with Gasteiger partial charge in [-0.3, -0.25) is 43.2 Å². The zero-order valence-electron chi connectivity index (χ0n) is 43.6. The number of aromatic nitrogens is 1. The van der Waals surface area contributed by atoms with E-state index in [2.05, 4.69) is 47.5 Å². The van der Waals surface area contributed by atoms with Crippen molar-refractivity contribution in [2.45, 2.75) is 126 Å². The third-order valence-electron chi connectivity index (χ3n) is 13.3. The predicted molar refractivity (Wildman–Crippen MR) is 291 cm³/mol. The van der Waals surface area contributed by atoms with Crippen molar-refractivity contribution in [2.24, 2.45) is 11.5 Å². The lowest BCUT2D eigenvalue weighted by molar-refractivity contribution is -0.136. The number of aromatic amines is 1. The van der Waals surface area contributed by atoms with Crippen molar-refractivity contribution in [1.82, 2.24) is 47.5 Å². The Morgan fingerprint density at radius 2 is 1.00 bits per heavy atom. The predicted octanol–water partition coefficient (Wildman–Crippen LogP) is 0.517. The summed E-state index contributed by atoms with van der Waals surface area (Å²) < 4.78 is 0. The largest absolute Gasteiger partial charge is 0.391 e. The molecule has 6 rings (SSSR count). The number of unbranched alkanes of at least 4 members (excludes halogenated alkanes) is 1. The number of aliphatic hydroxyl groups excluding tert-OH is 1. The summed E-state index contributed by atoms with van der Waals surface area (Å²) in [6.07, 6.45) is 0.448. The van der Waals surface area contributed by atoms with E-state index in [4.69, 9.17) is 11.5 Å². The van der Waals surface area contributed by atoms with Gasteiger partial charge in [0.2, 0.25) is 53.2 Å². The number of primary amides is 1. The molecule has 78 heavy (non-hydrogen) atoms. The van der Waals surface area contributed by atoms with E-state index < -0.39 is 108 Å². The molecule has 8 atom stereocenters. The minimum Gasteiger partial charge on any atom is -0.391 e.